The van der Waals surface area contributed by atoms with Crippen molar-refractivity contribution in [2.45, 2.75) is 31.6 Å². The fraction of sp³-hybridized carbons (Fsp3) is 0.226. The minimum Gasteiger partial charge on any atom is -0.290 e. The van der Waals surface area contributed by atoms with Crippen molar-refractivity contribution in [3.05, 3.63) is 88.4 Å². The predicted octanol–water partition coefficient (Wildman–Crippen LogP) is 6.82. The molecule has 2 aromatic heterocycles. The van der Waals surface area contributed by atoms with Crippen molar-refractivity contribution in [2.75, 3.05) is 0 Å². The summed E-state index contributed by atoms with van der Waals surface area (Å²) in [5.74, 6) is -0.572. The summed E-state index contributed by atoms with van der Waals surface area (Å²) < 4.78 is 19.7. The number of hydrogen-bond donors (Lipinski definition) is 0. The third-order valence-electron chi connectivity index (χ3n) is 8.40. The molecule has 3 aliphatic carbocycles. The maximum atomic E-state index is 15.4. The van der Waals surface area contributed by atoms with Crippen LogP contribution in [0.3, 0.4) is 0 Å². The standard InChI is InChI=1S/C31H20FN2O2S/c32-26-12-25-19(22-10-16(15-4-5-15)6-7-20(22)26)8-9-21-23(13-28(35)30(36)29(21)25)18-2-1-3-27-24(18)11-17-14-33-37-31(17)34-27/h2-3,6-9,11-12,14-16,23H,4-5,10,13H2. The van der Waals surface area contributed by atoms with Crippen LogP contribution in [-0.2, 0) is 11.2 Å². The Balaban J connectivity index is 1.36. The van der Waals surface area contributed by atoms with E-state index in [4.69, 9.17) is 4.98 Å². The fourth-order valence-electron chi connectivity index (χ4n) is 6.41. The zero-order chi connectivity index (χ0) is 24.8. The van der Waals surface area contributed by atoms with Gasteiger partial charge in [0, 0.05) is 34.2 Å². The zero-order valence-corrected chi connectivity index (χ0v) is 20.6. The van der Waals surface area contributed by atoms with Gasteiger partial charge >= 0.3 is 0 Å². The van der Waals surface area contributed by atoms with Crippen LogP contribution in [0.4, 0.5) is 4.39 Å². The van der Waals surface area contributed by atoms with Crippen molar-refractivity contribution in [1.82, 2.24) is 9.36 Å². The summed E-state index contributed by atoms with van der Waals surface area (Å²) in [4.78, 5) is 32.1. The quantitative estimate of drug-likeness (QED) is 0.248. The lowest BCUT2D eigenvalue weighted by Crippen LogP contribution is -2.27. The number of ketones is 2. The second kappa shape index (κ2) is 7.62. The molecule has 3 aliphatic rings. The van der Waals surface area contributed by atoms with Gasteiger partial charge in [-0.2, -0.15) is 4.37 Å². The zero-order valence-electron chi connectivity index (χ0n) is 19.8. The van der Waals surface area contributed by atoms with Crippen molar-refractivity contribution in [3.8, 4) is 0 Å². The summed E-state index contributed by atoms with van der Waals surface area (Å²) in [5.41, 5.74) is 4.36. The number of hydrogen-bond acceptors (Lipinski definition) is 5. The number of rotatable bonds is 2. The molecule has 1 saturated carbocycles. The second-order valence-corrected chi connectivity index (χ2v) is 11.3. The van der Waals surface area contributed by atoms with Crippen LogP contribution in [0.25, 0.3) is 38.0 Å². The molecular formula is C31H20FN2O2S. The average Bonchev–Trinajstić information content (AvgIpc) is 3.67. The Bertz CT molecular complexity index is 1870. The average molecular weight is 504 g/mol. The normalized spacial score (nSPS) is 21.1. The molecule has 4 nitrogen and oxygen atoms in total. The molecule has 6 heteroatoms. The van der Waals surface area contributed by atoms with Crippen molar-refractivity contribution < 1.29 is 14.0 Å². The van der Waals surface area contributed by atoms with Crippen LogP contribution < -0.4 is 0 Å². The highest BCUT2D eigenvalue weighted by molar-refractivity contribution is 7.12. The first-order valence-corrected chi connectivity index (χ1v) is 13.4. The molecule has 2 unspecified atom stereocenters. The van der Waals surface area contributed by atoms with Crippen LogP contribution in [0.2, 0.25) is 0 Å². The number of allylic oxidation sites excluding steroid dienone is 1. The van der Waals surface area contributed by atoms with E-state index in [1.807, 2.05) is 36.4 Å². The molecule has 179 valence electrons. The van der Waals surface area contributed by atoms with Crippen molar-refractivity contribution >= 4 is 61.1 Å². The summed E-state index contributed by atoms with van der Waals surface area (Å²) in [6.45, 7) is 0. The Hall–Kier alpha value is -3.77. The minimum absolute atomic E-state index is 0.0735. The van der Waals surface area contributed by atoms with Gasteiger partial charge in [0.15, 0.2) is 0 Å². The summed E-state index contributed by atoms with van der Waals surface area (Å²) in [6.07, 6.45) is 9.11. The van der Waals surface area contributed by atoms with Gasteiger partial charge in [-0.25, -0.2) is 9.37 Å². The maximum Gasteiger partial charge on any atom is 0.229 e. The highest BCUT2D eigenvalue weighted by Crippen LogP contribution is 2.46. The number of carbonyl (C=O) groups excluding carboxylic acids is 2. The monoisotopic (exact) mass is 503 g/mol. The van der Waals surface area contributed by atoms with Gasteiger partial charge in [-0.1, -0.05) is 24.3 Å². The first-order valence-electron chi connectivity index (χ1n) is 12.7. The molecule has 1 fully saturated rings. The molecule has 3 aromatic carbocycles. The highest BCUT2D eigenvalue weighted by Gasteiger charge is 2.37. The molecule has 0 N–H and O–H groups in total. The molecule has 0 aliphatic heterocycles. The molecule has 0 bridgehead atoms. The molecule has 0 amide bonds. The molecule has 0 saturated heterocycles. The van der Waals surface area contributed by atoms with E-state index in [1.165, 1.54) is 30.4 Å². The lowest BCUT2D eigenvalue weighted by molar-refractivity contribution is -0.115. The molecule has 37 heavy (non-hydrogen) atoms. The summed E-state index contributed by atoms with van der Waals surface area (Å²) in [6, 6.07) is 14.4. The number of halogens is 1. The van der Waals surface area contributed by atoms with Crippen molar-refractivity contribution in [3.63, 3.8) is 0 Å². The van der Waals surface area contributed by atoms with E-state index < -0.39 is 11.6 Å². The molecule has 2 atom stereocenters. The number of fused-ring (bicyclic) bond motifs is 7. The first kappa shape index (κ1) is 21.3. The molecule has 2 heterocycles. The Kier molecular flexibility index (Phi) is 4.39. The van der Waals surface area contributed by atoms with E-state index >= 15 is 4.39 Å². The highest BCUT2D eigenvalue weighted by atomic mass is 32.1. The summed E-state index contributed by atoms with van der Waals surface area (Å²) in [5, 5.41) is 3.28. The molecule has 0 spiro atoms. The SMILES string of the molecule is O=C1CC(c2c[c]cc3nc4sncc4cc23)c2ccc3c4c(c(F)cc3c2C1=O)C=CC(C1CC1)C4. The molecule has 5 aromatic rings. The minimum atomic E-state index is -0.520. The lowest BCUT2D eigenvalue weighted by atomic mass is 9.74. The number of carbonyl (C=O) groups is 2. The van der Waals surface area contributed by atoms with Gasteiger partial charge < -0.3 is 0 Å². The summed E-state index contributed by atoms with van der Waals surface area (Å²) >= 11 is 1.34. The number of pyridine rings is 1. The topological polar surface area (TPSA) is 59.9 Å². The van der Waals surface area contributed by atoms with Gasteiger partial charge in [0.25, 0.3) is 0 Å². The van der Waals surface area contributed by atoms with Gasteiger partial charge in [-0.05, 0) is 100 Å². The third kappa shape index (κ3) is 3.12. The smallest absolute Gasteiger partial charge is 0.229 e. The molecule has 8 rings (SSSR count). The Morgan fingerprint density at radius 2 is 1.89 bits per heavy atom. The van der Waals surface area contributed by atoms with Crippen LogP contribution in [0.15, 0.2) is 48.7 Å². The van der Waals surface area contributed by atoms with Gasteiger partial charge in [-0.3, -0.25) is 9.59 Å². The van der Waals surface area contributed by atoms with Crippen LogP contribution in [0.5, 0.6) is 0 Å². The van der Waals surface area contributed by atoms with Gasteiger partial charge in [0.1, 0.15) is 10.6 Å². The van der Waals surface area contributed by atoms with Gasteiger partial charge in [-0.15, -0.1) is 0 Å². The van der Waals surface area contributed by atoms with E-state index in [0.29, 0.717) is 28.3 Å². The van der Waals surface area contributed by atoms with E-state index in [-0.39, 0.29) is 18.2 Å². The van der Waals surface area contributed by atoms with Crippen molar-refractivity contribution in [1.29, 1.82) is 0 Å². The van der Waals surface area contributed by atoms with Crippen LogP contribution in [0, 0.1) is 23.7 Å². The maximum absolute atomic E-state index is 15.4. The summed E-state index contributed by atoms with van der Waals surface area (Å²) in [7, 11) is 0. The number of nitrogens with zero attached hydrogens (tertiary/aromatic N) is 2. The molecule has 1 radical (unpaired) electrons. The Morgan fingerprint density at radius 1 is 1.00 bits per heavy atom. The van der Waals surface area contributed by atoms with Gasteiger partial charge in [0.05, 0.1) is 11.7 Å². The fourth-order valence-corrected chi connectivity index (χ4v) is 7.03. The van der Waals surface area contributed by atoms with E-state index in [0.717, 1.165) is 49.6 Å². The number of benzene rings is 3. The first-order chi connectivity index (χ1) is 18.1. The Morgan fingerprint density at radius 3 is 2.76 bits per heavy atom. The second-order valence-electron chi connectivity index (χ2n) is 10.5. The predicted molar refractivity (Wildman–Crippen MR) is 142 cm³/mol. The van der Waals surface area contributed by atoms with E-state index in [9.17, 15) is 9.59 Å². The largest absolute Gasteiger partial charge is 0.290 e. The molecular weight excluding hydrogens is 483 g/mol. The van der Waals surface area contributed by atoms with Crippen molar-refractivity contribution in [2.24, 2.45) is 11.8 Å². The van der Waals surface area contributed by atoms with Crippen LogP contribution in [0.1, 0.15) is 57.8 Å². The van der Waals surface area contributed by atoms with E-state index in [2.05, 4.69) is 16.5 Å². The lowest BCUT2D eigenvalue weighted by Gasteiger charge is -2.28. The number of aromatic nitrogens is 2. The number of Topliss-reactive ketones (excluding diaryl/α,β-unsaturated/α-hetero) is 2. The van der Waals surface area contributed by atoms with Crippen LogP contribution >= 0.6 is 11.5 Å². The van der Waals surface area contributed by atoms with Gasteiger partial charge in [0.2, 0.25) is 11.6 Å². The Labute approximate surface area is 216 Å². The van der Waals surface area contributed by atoms with E-state index in [1.54, 1.807) is 6.20 Å². The third-order valence-corrected chi connectivity index (χ3v) is 9.11. The van der Waals surface area contributed by atoms with Crippen LogP contribution in [-0.4, -0.2) is 20.9 Å².